The van der Waals surface area contributed by atoms with E-state index in [2.05, 4.69) is 10.4 Å². The van der Waals surface area contributed by atoms with Gasteiger partial charge in [0, 0.05) is 25.8 Å². The minimum absolute atomic E-state index is 0.00717. The van der Waals surface area contributed by atoms with Gasteiger partial charge in [0.2, 0.25) is 0 Å². The van der Waals surface area contributed by atoms with Crippen molar-refractivity contribution >= 4 is 23.2 Å². The zero-order valence-electron chi connectivity index (χ0n) is 10.6. The number of amides is 1. The van der Waals surface area contributed by atoms with Gasteiger partial charge in [0.1, 0.15) is 0 Å². The Hall–Kier alpha value is -1.43. The van der Waals surface area contributed by atoms with Crippen molar-refractivity contribution in [2.45, 2.75) is 26.2 Å². The SMILES string of the molecule is CCNC(=S)n1ccc(C(=O)N2CCCCC2)n1. The number of carbonyl (C=O) groups excluding carboxylic acids is 1. The average molecular weight is 266 g/mol. The van der Waals surface area contributed by atoms with Gasteiger partial charge >= 0.3 is 0 Å². The lowest BCUT2D eigenvalue weighted by Gasteiger charge is -2.25. The molecular formula is C12H18N4OS. The number of thiocarbonyl (C=S) groups is 1. The maximum absolute atomic E-state index is 12.2. The second-order valence-electron chi connectivity index (χ2n) is 4.33. The Labute approximate surface area is 112 Å². The second kappa shape index (κ2) is 5.95. The molecule has 0 aromatic carbocycles. The number of hydrogen-bond donors (Lipinski definition) is 1. The smallest absolute Gasteiger partial charge is 0.274 e. The van der Waals surface area contributed by atoms with Crippen LogP contribution in [0.5, 0.6) is 0 Å². The average Bonchev–Trinajstić information content (AvgIpc) is 2.89. The summed E-state index contributed by atoms with van der Waals surface area (Å²) in [5, 5.41) is 7.75. The van der Waals surface area contributed by atoms with Crippen molar-refractivity contribution in [3.05, 3.63) is 18.0 Å². The first kappa shape index (κ1) is 13.0. The number of piperidine rings is 1. The van der Waals surface area contributed by atoms with Crippen LogP contribution in [0, 0.1) is 0 Å². The van der Waals surface area contributed by atoms with Crippen LogP contribution in [0.25, 0.3) is 0 Å². The highest BCUT2D eigenvalue weighted by Crippen LogP contribution is 2.11. The van der Waals surface area contributed by atoms with E-state index in [9.17, 15) is 4.79 Å². The third-order valence-corrected chi connectivity index (χ3v) is 3.32. The van der Waals surface area contributed by atoms with Crippen molar-refractivity contribution in [2.75, 3.05) is 19.6 Å². The first-order valence-corrected chi connectivity index (χ1v) is 6.76. The van der Waals surface area contributed by atoms with Crippen LogP contribution in [0.3, 0.4) is 0 Å². The Kier molecular flexibility index (Phi) is 4.30. The van der Waals surface area contributed by atoms with E-state index in [1.165, 1.54) is 11.1 Å². The molecule has 1 N–H and O–H groups in total. The molecule has 2 rings (SSSR count). The van der Waals surface area contributed by atoms with E-state index >= 15 is 0 Å². The van der Waals surface area contributed by atoms with Gasteiger partial charge in [0.25, 0.3) is 5.91 Å². The van der Waals surface area contributed by atoms with E-state index in [1.54, 1.807) is 12.3 Å². The number of nitrogens with zero attached hydrogens (tertiary/aromatic N) is 3. The van der Waals surface area contributed by atoms with Crippen LogP contribution in [0.1, 0.15) is 36.7 Å². The van der Waals surface area contributed by atoms with Crippen LogP contribution in [-0.2, 0) is 0 Å². The van der Waals surface area contributed by atoms with Gasteiger partial charge < -0.3 is 10.2 Å². The lowest BCUT2D eigenvalue weighted by atomic mass is 10.1. The van der Waals surface area contributed by atoms with Crippen LogP contribution in [0.15, 0.2) is 12.3 Å². The van der Waals surface area contributed by atoms with Crippen molar-refractivity contribution in [3.8, 4) is 0 Å². The molecule has 1 aromatic heterocycles. The maximum Gasteiger partial charge on any atom is 0.274 e. The molecule has 5 nitrogen and oxygen atoms in total. The van der Waals surface area contributed by atoms with E-state index in [-0.39, 0.29) is 5.91 Å². The van der Waals surface area contributed by atoms with E-state index in [0.717, 1.165) is 32.5 Å². The van der Waals surface area contributed by atoms with Crippen molar-refractivity contribution in [1.82, 2.24) is 20.0 Å². The fraction of sp³-hybridized carbons (Fsp3) is 0.583. The van der Waals surface area contributed by atoms with E-state index in [1.807, 2.05) is 11.8 Å². The van der Waals surface area contributed by atoms with Crippen LogP contribution < -0.4 is 5.32 Å². The minimum atomic E-state index is 0.00717. The van der Waals surface area contributed by atoms with Crippen LogP contribution in [-0.4, -0.2) is 45.3 Å². The monoisotopic (exact) mass is 266 g/mol. The largest absolute Gasteiger partial charge is 0.361 e. The van der Waals surface area contributed by atoms with Crippen molar-refractivity contribution in [1.29, 1.82) is 0 Å². The molecule has 6 heteroatoms. The quantitative estimate of drug-likeness (QED) is 0.819. The summed E-state index contributed by atoms with van der Waals surface area (Å²) in [5.41, 5.74) is 0.470. The Bertz CT molecular complexity index is 437. The van der Waals surface area contributed by atoms with Gasteiger partial charge in [-0.2, -0.15) is 5.10 Å². The summed E-state index contributed by atoms with van der Waals surface area (Å²) in [7, 11) is 0. The Morgan fingerprint density at radius 1 is 1.44 bits per heavy atom. The van der Waals surface area contributed by atoms with Crippen LogP contribution >= 0.6 is 12.2 Å². The van der Waals surface area contributed by atoms with Crippen molar-refractivity contribution < 1.29 is 4.79 Å². The molecule has 1 fully saturated rings. The first-order chi connectivity index (χ1) is 8.72. The molecule has 18 heavy (non-hydrogen) atoms. The first-order valence-electron chi connectivity index (χ1n) is 6.35. The molecule has 0 aliphatic carbocycles. The number of hydrogen-bond acceptors (Lipinski definition) is 3. The number of rotatable bonds is 2. The predicted molar refractivity (Wildman–Crippen MR) is 73.7 cm³/mol. The molecule has 2 heterocycles. The van der Waals surface area contributed by atoms with Gasteiger partial charge in [-0.15, -0.1) is 0 Å². The molecule has 1 amide bonds. The van der Waals surface area contributed by atoms with E-state index in [0.29, 0.717) is 10.8 Å². The van der Waals surface area contributed by atoms with E-state index < -0.39 is 0 Å². The molecule has 1 saturated heterocycles. The molecule has 0 atom stereocenters. The molecule has 1 aromatic rings. The molecule has 0 saturated carbocycles. The topological polar surface area (TPSA) is 50.2 Å². The summed E-state index contributed by atoms with van der Waals surface area (Å²) in [5.74, 6) is 0.00717. The second-order valence-corrected chi connectivity index (χ2v) is 4.72. The predicted octanol–water partition coefficient (Wildman–Crippen LogP) is 1.25. The highest BCUT2D eigenvalue weighted by Gasteiger charge is 2.20. The van der Waals surface area contributed by atoms with Gasteiger partial charge in [-0.3, -0.25) is 4.79 Å². The third kappa shape index (κ3) is 2.87. The highest BCUT2D eigenvalue weighted by molar-refractivity contribution is 7.80. The normalized spacial score (nSPS) is 15.5. The van der Waals surface area contributed by atoms with Crippen LogP contribution in [0.2, 0.25) is 0 Å². The third-order valence-electron chi connectivity index (χ3n) is 2.99. The Morgan fingerprint density at radius 3 is 2.83 bits per heavy atom. The molecule has 0 radical (unpaired) electrons. The molecule has 98 valence electrons. The number of likely N-dealkylation sites (tertiary alicyclic amines) is 1. The van der Waals surface area contributed by atoms with Gasteiger partial charge in [-0.1, -0.05) is 0 Å². The summed E-state index contributed by atoms with van der Waals surface area (Å²) < 4.78 is 1.54. The lowest BCUT2D eigenvalue weighted by Crippen LogP contribution is -2.36. The zero-order valence-corrected chi connectivity index (χ0v) is 11.4. The summed E-state index contributed by atoms with van der Waals surface area (Å²) in [6, 6.07) is 1.72. The summed E-state index contributed by atoms with van der Waals surface area (Å²) in [6.45, 7) is 4.39. The highest BCUT2D eigenvalue weighted by atomic mass is 32.1. The van der Waals surface area contributed by atoms with Gasteiger partial charge in [-0.25, -0.2) is 4.68 Å². The fourth-order valence-corrected chi connectivity index (χ4v) is 2.29. The summed E-state index contributed by atoms with van der Waals surface area (Å²) in [4.78, 5) is 14.0. The molecule has 1 aliphatic heterocycles. The molecule has 1 aliphatic rings. The Balaban J connectivity index is 2.04. The minimum Gasteiger partial charge on any atom is -0.361 e. The maximum atomic E-state index is 12.2. The standard InChI is InChI=1S/C12H18N4OS/c1-2-13-12(18)16-9-6-10(14-16)11(17)15-7-4-3-5-8-15/h6,9H,2-5,7-8H2,1H3,(H,13,18). The van der Waals surface area contributed by atoms with Crippen molar-refractivity contribution in [3.63, 3.8) is 0 Å². The Morgan fingerprint density at radius 2 is 2.17 bits per heavy atom. The summed E-state index contributed by atoms with van der Waals surface area (Å²) >= 11 is 5.14. The number of aromatic nitrogens is 2. The van der Waals surface area contributed by atoms with Gasteiger partial charge in [0.05, 0.1) is 0 Å². The lowest BCUT2D eigenvalue weighted by molar-refractivity contribution is 0.0718. The molecule has 0 spiro atoms. The molecule has 0 unspecified atom stereocenters. The molecule has 0 bridgehead atoms. The fourth-order valence-electron chi connectivity index (χ4n) is 2.04. The van der Waals surface area contributed by atoms with Crippen LogP contribution in [0.4, 0.5) is 0 Å². The van der Waals surface area contributed by atoms with E-state index in [4.69, 9.17) is 12.2 Å². The summed E-state index contributed by atoms with van der Waals surface area (Å²) in [6.07, 6.45) is 5.11. The number of carbonyl (C=O) groups is 1. The van der Waals surface area contributed by atoms with Gasteiger partial charge in [0.15, 0.2) is 10.8 Å². The van der Waals surface area contributed by atoms with Crippen molar-refractivity contribution in [2.24, 2.45) is 0 Å². The molecular weight excluding hydrogens is 248 g/mol. The number of nitrogens with one attached hydrogen (secondary N) is 1. The van der Waals surface area contributed by atoms with Gasteiger partial charge in [-0.05, 0) is 44.5 Å². The zero-order chi connectivity index (χ0) is 13.0.